The van der Waals surface area contributed by atoms with E-state index in [0.29, 0.717) is 16.3 Å². The molecule has 0 unspecified atom stereocenters. The first kappa shape index (κ1) is 15.9. The van der Waals surface area contributed by atoms with Gasteiger partial charge in [-0.1, -0.05) is 30.3 Å². The van der Waals surface area contributed by atoms with E-state index in [1.807, 2.05) is 35.7 Å². The summed E-state index contributed by atoms with van der Waals surface area (Å²) < 4.78 is 4.63. The van der Waals surface area contributed by atoms with Gasteiger partial charge >= 0.3 is 5.97 Å². The molecule has 0 spiro atoms. The molecule has 0 saturated carbocycles. The molecule has 1 aromatic heterocycles. The normalized spacial score (nSPS) is 10.2. The molecule has 0 radical (unpaired) electrons. The first-order valence-corrected chi connectivity index (χ1v) is 8.06. The number of ether oxygens (including phenoxy) is 1. The minimum atomic E-state index is -0.436. The predicted molar refractivity (Wildman–Crippen MR) is 93.3 cm³/mol. The monoisotopic (exact) mass is 338 g/mol. The standard InChI is InChI=1S/C18H14N2O3S/c1-23-17(22)14-9-7-13(8-10-14)16(21)20-18-19-15(11-24-18)12-5-3-2-4-6-12/h2-11H,1H3,(H,19,20,21). The smallest absolute Gasteiger partial charge is 0.337 e. The second-order valence-electron chi connectivity index (χ2n) is 4.93. The number of hydrogen-bond acceptors (Lipinski definition) is 5. The van der Waals surface area contributed by atoms with Crippen LogP contribution in [-0.4, -0.2) is 24.0 Å². The molecule has 1 amide bonds. The molecule has 0 aliphatic heterocycles. The molecule has 0 aliphatic rings. The van der Waals surface area contributed by atoms with Gasteiger partial charge in [-0.15, -0.1) is 11.3 Å². The van der Waals surface area contributed by atoms with Gasteiger partial charge < -0.3 is 4.74 Å². The highest BCUT2D eigenvalue weighted by molar-refractivity contribution is 7.14. The van der Waals surface area contributed by atoms with Gasteiger partial charge in [-0.3, -0.25) is 10.1 Å². The highest BCUT2D eigenvalue weighted by atomic mass is 32.1. The second kappa shape index (κ2) is 7.06. The zero-order chi connectivity index (χ0) is 16.9. The van der Waals surface area contributed by atoms with E-state index < -0.39 is 5.97 Å². The molecule has 2 aromatic carbocycles. The maximum Gasteiger partial charge on any atom is 0.337 e. The number of anilines is 1. The van der Waals surface area contributed by atoms with Crippen LogP contribution >= 0.6 is 11.3 Å². The van der Waals surface area contributed by atoms with E-state index in [9.17, 15) is 9.59 Å². The lowest BCUT2D eigenvalue weighted by Gasteiger charge is -2.03. The number of carbonyl (C=O) groups excluding carboxylic acids is 2. The molecule has 120 valence electrons. The molecule has 3 aromatic rings. The third-order valence-electron chi connectivity index (χ3n) is 3.36. The number of thiazole rings is 1. The number of hydrogen-bond donors (Lipinski definition) is 1. The lowest BCUT2D eigenvalue weighted by molar-refractivity contribution is 0.0600. The van der Waals surface area contributed by atoms with Gasteiger partial charge in [0, 0.05) is 16.5 Å². The molecule has 0 aliphatic carbocycles. The molecular weight excluding hydrogens is 324 g/mol. The Bertz CT molecular complexity index is 857. The average Bonchev–Trinajstić information content (AvgIpc) is 3.10. The predicted octanol–water partition coefficient (Wildman–Crippen LogP) is 3.85. The second-order valence-corrected chi connectivity index (χ2v) is 5.79. The molecule has 3 rings (SSSR count). The summed E-state index contributed by atoms with van der Waals surface area (Å²) in [5, 5.41) is 5.18. The summed E-state index contributed by atoms with van der Waals surface area (Å²) in [5.74, 6) is -0.713. The Morgan fingerprint density at radius 2 is 1.67 bits per heavy atom. The van der Waals surface area contributed by atoms with Crippen molar-refractivity contribution in [2.45, 2.75) is 0 Å². The Morgan fingerprint density at radius 1 is 1.00 bits per heavy atom. The fourth-order valence-corrected chi connectivity index (χ4v) is 2.83. The first-order valence-electron chi connectivity index (χ1n) is 7.18. The van der Waals surface area contributed by atoms with Gasteiger partial charge in [-0.2, -0.15) is 0 Å². The number of benzene rings is 2. The van der Waals surface area contributed by atoms with Gasteiger partial charge in [0.2, 0.25) is 0 Å². The summed E-state index contributed by atoms with van der Waals surface area (Å²) >= 11 is 1.36. The van der Waals surface area contributed by atoms with Crippen molar-refractivity contribution in [3.05, 3.63) is 71.1 Å². The van der Waals surface area contributed by atoms with Gasteiger partial charge in [0.15, 0.2) is 5.13 Å². The van der Waals surface area contributed by atoms with E-state index in [-0.39, 0.29) is 5.91 Å². The van der Waals surface area contributed by atoms with E-state index in [1.165, 1.54) is 18.4 Å². The van der Waals surface area contributed by atoms with Gasteiger partial charge in [0.1, 0.15) is 0 Å². The Balaban J connectivity index is 1.71. The van der Waals surface area contributed by atoms with Crippen LogP contribution < -0.4 is 5.32 Å². The maximum atomic E-state index is 12.2. The van der Waals surface area contributed by atoms with E-state index in [2.05, 4.69) is 15.0 Å². The van der Waals surface area contributed by atoms with Crippen molar-refractivity contribution in [2.24, 2.45) is 0 Å². The molecular formula is C18H14N2O3S. The van der Waals surface area contributed by atoms with Crippen LogP contribution in [0.2, 0.25) is 0 Å². The van der Waals surface area contributed by atoms with E-state index in [4.69, 9.17) is 0 Å². The van der Waals surface area contributed by atoms with E-state index >= 15 is 0 Å². The van der Waals surface area contributed by atoms with Crippen LogP contribution in [0.25, 0.3) is 11.3 Å². The summed E-state index contributed by atoms with van der Waals surface area (Å²) in [6.45, 7) is 0. The fourth-order valence-electron chi connectivity index (χ4n) is 2.12. The van der Waals surface area contributed by atoms with Crippen LogP contribution in [0.4, 0.5) is 5.13 Å². The Morgan fingerprint density at radius 3 is 2.33 bits per heavy atom. The quantitative estimate of drug-likeness (QED) is 0.734. The first-order chi connectivity index (χ1) is 11.7. The van der Waals surface area contributed by atoms with Crippen LogP contribution in [0, 0.1) is 0 Å². The Kier molecular flexibility index (Phi) is 4.67. The number of rotatable bonds is 4. The molecule has 5 nitrogen and oxygen atoms in total. The zero-order valence-corrected chi connectivity index (χ0v) is 13.7. The molecule has 0 bridgehead atoms. The van der Waals surface area contributed by atoms with E-state index in [1.54, 1.807) is 24.3 Å². The number of nitrogens with one attached hydrogen (secondary N) is 1. The number of carbonyl (C=O) groups is 2. The van der Waals surface area contributed by atoms with Crippen LogP contribution in [0.15, 0.2) is 60.0 Å². The van der Waals surface area contributed by atoms with Gasteiger partial charge in [0.05, 0.1) is 18.4 Å². The van der Waals surface area contributed by atoms with Crippen LogP contribution in [0.5, 0.6) is 0 Å². The third kappa shape index (κ3) is 3.49. The maximum absolute atomic E-state index is 12.2. The molecule has 1 N–H and O–H groups in total. The van der Waals surface area contributed by atoms with Crippen LogP contribution in [0.3, 0.4) is 0 Å². The van der Waals surface area contributed by atoms with Crippen molar-refractivity contribution in [3.8, 4) is 11.3 Å². The number of nitrogens with zero attached hydrogens (tertiary/aromatic N) is 1. The zero-order valence-electron chi connectivity index (χ0n) is 12.9. The van der Waals surface area contributed by atoms with Gasteiger partial charge in [0.25, 0.3) is 5.91 Å². The van der Waals surface area contributed by atoms with Gasteiger partial charge in [-0.25, -0.2) is 9.78 Å². The summed E-state index contributed by atoms with van der Waals surface area (Å²) in [7, 11) is 1.32. The van der Waals surface area contributed by atoms with Crippen molar-refractivity contribution in [1.29, 1.82) is 0 Å². The van der Waals surface area contributed by atoms with Crippen molar-refractivity contribution in [1.82, 2.24) is 4.98 Å². The van der Waals surface area contributed by atoms with Crippen molar-refractivity contribution < 1.29 is 14.3 Å². The van der Waals surface area contributed by atoms with Crippen LogP contribution in [0.1, 0.15) is 20.7 Å². The molecule has 0 fully saturated rings. The number of aromatic nitrogens is 1. The van der Waals surface area contributed by atoms with Crippen molar-refractivity contribution in [2.75, 3.05) is 12.4 Å². The minimum absolute atomic E-state index is 0.277. The molecule has 0 saturated heterocycles. The summed E-state index contributed by atoms with van der Waals surface area (Å²) in [5.41, 5.74) is 2.65. The average molecular weight is 338 g/mol. The topological polar surface area (TPSA) is 68.3 Å². The van der Waals surface area contributed by atoms with Crippen molar-refractivity contribution in [3.63, 3.8) is 0 Å². The summed E-state index contributed by atoms with van der Waals surface area (Å²) in [4.78, 5) is 28.1. The SMILES string of the molecule is COC(=O)c1ccc(C(=O)Nc2nc(-c3ccccc3)cs2)cc1. The Hall–Kier alpha value is -2.99. The van der Waals surface area contributed by atoms with Gasteiger partial charge in [-0.05, 0) is 24.3 Å². The largest absolute Gasteiger partial charge is 0.465 e. The third-order valence-corrected chi connectivity index (χ3v) is 4.12. The lowest BCUT2D eigenvalue weighted by Crippen LogP contribution is -2.12. The highest BCUT2D eigenvalue weighted by Gasteiger charge is 2.11. The fraction of sp³-hybridized carbons (Fsp3) is 0.0556. The molecule has 24 heavy (non-hydrogen) atoms. The highest BCUT2D eigenvalue weighted by Crippen LogP contribution is 2.24. The van der Waals surface area contributed by atoms with E-state index in [0.717, 1.165) is 11.3 Å². The van der Waals surface area contributed by atoms with Crippen molar-refractivity contribution >= 4 is 28.3 Å². The summed E-state index contributed by atoms with van der Waals surface area (Å²) in [6.07, 6.45) is 0. The molecule has 0 atom stereocenters. The summed E-state index contributed by atoms with van der Waals surface area (Å²) in [6, 6.07) is 16.0. The van der Waals surface area contributed by atoms with Crippen LogP contribution in [-0.2, 0) is 4.74 Å². The Labute approximate surface area is 142 Å². The number of esters is 1. The lowest BCUT2D eigenvalue weighted by atomic mass is 10.1. The number of amides is 1. The minimum Gasteiger partial charge on any atom is -0.465 e. The molecule has 6 heteroatoms. The number of methoxy groups -OCH3 is 1. The molecule has 1 heterocycles.